The van der Waals surface area contributed by atoms with Crippen molar-refractivity contribution in [2.45, 2.75) is 60.3 Å². The molecule has 0 saturated heterocycles. The van der Waals surface area contributed by atoms with Crippen molar-refractivity contribution in [2.75, 3.05) is 0 Å². The summed E-state index contributed by atoms with van der Waals surface area (Å²) in [6.07, 6.45) is 4.70. The second-order valence-electron chi connectivity index (χ2n) is 4.76. The topological polar surface area (TPSA) is 83.8 Å². The molecule has 0 saturated carbocycles. The monoisotopic (exact) mass is 348 g/mol. The van der Waals surface area contributed by atoms with Crippen molar-refractivity contribution in [1.29, 1.82) is 0 Å². The molecule has 22 heavy (non-hydrogen) atoms. The fourth-order valence-electron chi connectivity index (χ4n) is 2.78. The second kappa shape index (κ2) is 10.9. The third-order valence-corrected chi connectivity index (χ3v) is 4.68. The average molecular weight is 348 g/mol. The zero-order valence-electron chi connectivity index (χ0n) is 13.9. The van der Waals surface area contributed by atoms with Crippen LogP contribution in [-0.2, 0) is 39.1 Å². The van der Waals surface area contributed by atoms with Gasteiger partial charge < -0.3 is 0 Å². The van der Waals surface area contributed by atoms with Gasteiger partial charge in [0.2, 0.25) is 0 Å². The van der Waals surface area contributed by atoms with Gasteiger partial charge in [-0.25, -0.2) is 0 Å². The van der Waals surface area contributed by atoms with Crippen molar-refractivity contribution in [1.82, 2.24) is 0 Å². The van der Waals surface area contributed by atoms with E-state index in [1.165, 1.54) is 31.2 Å². The number of hydrogen-bond acceptors (Lipinski definition) is 3. The maximum absolute atomic E-state index is 9.39. The molecule has 0 aliphatic rings. The first-order chi connectivity index (χ1) is 10.3. The van der Waals surface area contributed by atoms with Gasteiger partial charge in [-0.05, 0) is 60.4 Å². The van der Waals surface area contributed by atoms with Gasteiger partial charge >= 0.3 is 16.5 Å². The Labute approximate surface area is 134 Å². The van der Waals surface area contributed by atoms with E-state index in [-0.39, 0.29) is 0 Å². The molecule has 7 heteroatoms. The van der Waals surface area contributed by atoms with Crippen LogP contribution < -0.4 is 0 Å². The lowest BCUT2D eigenvalue weighted by atomic mass is 9.87. The molecule has 2 unspecified atom stereocenters. The molecule has 2 N–H and O–H groups in total. The van der Waals surface area contributed by atoms with E-state index >= 15 is 0 Å². The minimum Gasteiger partial charge on any atom is -0.131 e. The smallest absolute Gasteiger partial charge is 0.131 e. The van der Waals surface area contributed by atoms with Crippen molar-refractivity contribution in [3.05, 3.63) is 33.9 Å². The molecule has 0 bridgehead atoms. The third kappa shape index (κ3) is 6.60. The van der Waals surface area contributed by atoms with Gasteiger partial charge in [0.25, 0.3) is 0 Å². The average Bonchev–Trinajstić information content (AvgIpc) is 2.44. The van der Waals surface area contributed by atoms with Crippen molar-refractivity contribution < 1.29 is 23.2 Å². The quantitative estimate of drug-likeness (QED) is 0.737. The van der Waals surface area contributed by atoms with Crippen LogP contribution in [0.5, 0.6) is 0 Å². The van der Waals surface area contributed by atoms with Crippen molar-refractivity contribution in [3.8, 4) is 0 Å². The number of rotatable bonds is 6. The summed E-state index contributed by atoms with van der Waals surface area (Å²) in [5, 5.41) is 0. The van der Waals surface area contributed by atoms with Gasteiger partial charge in [0.05, 0.1) is 0 Å². The Kier molecular flexibility index (Phi) is 10.6. The Morgan fingerprint density at radius 1 is 0.864 bits per heavy atom. The van der Waals surface area contributed by atoms with Crippen molar-refractivity contribution in [3.63, 3.8) is 0 Å². The van der Waals surface area contributed by atoms with E-state index in [1.54, 1.807) is 22.3 Å². The lowest BCUT2D eigenvalue weighted by Gasteiger charge is -2.18. The molecule has 1 aromatic carbocycles. The summed E-state index contributed by atoms with van der Waals surface area (Å²) in [7, 11) is -5.85. The Bertz CT molecular complexity index is 517. The lowest BCUT2D eigenvalue weighted by molar-refractivity contribution is 0.371. The van der Waals surface area contributed by atoms with Crippen LogP contribution in [-0.4, -0.2) is 9.79 Å². The van der Waals surface area contributed by atoms with Gasteiger partial charge in [-0.1, -0.05) is 33.8 Å². The van der Waals surface area contributed by atoms with E-state index in [0.717, 1.165) is 0 Å². The lowest BCUT2D eigenvalue weighted by Crippen LogP contribution is -2.04. The molecule has 0 aromatic heterocycles. The van der Waals surface area contributed by atoms with E-state index in [1.807, 2.05) is 0 Å². The molecule has 1 rings (SSSR count). The molecule has 0 amide bonds. The van der Waals surface area contributed by atoms with E-state index < -0.39 is 16.5 Å². The van der Waals surface area contributed by atoms with Gasteiger partial charge in [0, 0.05) is 9.13 Å². The van der Waals surface area contributed by atoms with E-state index in [9.17, 15) is 9.13 Å². The van der Waals surface area contributed by atoms with Crippen molar-refractivity contribution in [2.24, 2.45) is 0 Å². The molecule has 0 spiro atoms. The van der Waals surface area contributed by atoms with Crippen LogP contribution in [0.1, 0.15) is 55.5 Å². The van der Waals surface area contributed by atoms with Gasteiger partial charge in [-0.2, -0.15) is 0 Å². The van der Waals surface area contributed by atoms with Crippen LogP contribution in [0.15, 0.2) is 6.07 Å². The predicted octanol–water partition coefficient (Wildman–Crippen LogP) is 4.55. The molecule has 0 heterocycles. The summed E-state index contributed by atoms with van der Waals surface area (Å²) in [6, 6.07) is 2.40. The van der Waals surface area contributed by atoms with Crippen molar-refractivity contribution >= 4 is 16.5 Å². The fourth-order valence-corrected chi connectivity index (χ4v) is 3.26. The summed E-state index contributed by atoms with van der Waals surface area (Å²) in [5.41, 5.74) is 7.87. The van der Waals surface area contributed by atoms with Gasteiger partial charge in [-0.15, -0.1) is 9.79 Å². The zero-order chi connectivity index (χ0) is 17.3. The molecule has 0 radical (unpaired) electrons. The highest BCUT2D eigenvalue weighted by atomic mass is 31.2. The Morgan fingerprint density at radius 3 is 1.59 bits per heavy atom. The summed E-state index contributed by atoms with van der Waals surface area (Å²) < 4.78 is 22.2. The van der Waals surface area contributed by atoms with E-state index in [2.05, 4.69) is 45.0 Å². The fraction of sp³-hybridized carbons (Fsp3) is 0.600. The molecular weight excluding hydrogens is 322 g/mol. The summed E-state index contributed by atoms with van der Waals surface area (Å²) in [5.74, 6) is 0. The maximum Gasteiger partial charge on any atom is 0.745 e. The third-order valence-electron chi connectivity index (χ3n) is 3.56. The molecule has 0 aliphatic heterocycles. The first-order valence-corrected chi connectivity index (χ1v) is 9.71. The summed E-state index contributed by atoms with van der Waals surface area (Å²) >= 11 is 0. The maximum atomic E-state index is 9.39. The normalized spacial score (nSPS) is 11.6. The Morgan fingerprint density at radius 2 is 1.32 bits per heavy atom. The van der Waals surface area contributed by atoms with Crippen LogP contribution >= 0.6 is 16.5 Å². The van der Waals surface area contributed by atoms with E-state index in [0.29, 0.717) is 0 Å². The highest BCUT2D eigenvalue weighted by Gasteiger charge is 2.31. The molecule has 1 aromatic rings. The number of aryl methyl sites for hydroxylation is 2. The Balaban J connectivity index is 0.000000534. The van der Waals surface area contributed by atoms with Crippen LogP contribution in [0.2, 0.25) is 0 Å². The second-order valence-corrected chi connectivity index (χ2v) is 6.36. The molecule has 0 fully saturated rings. The number of hydrogen-bond donors (Lipinski definition) is 2. The molecule has 0 aliphatic carbocycles. The van der Waals surface area contributed by atoms with Crippen LogP contribution in [0.4, 0.5) is 0 Å². The Hall–Kier alpha value is -0.700. The first kappa shape index (κ1) is 21.3. The van der Waals surface area contributed by atoms with Gasteiger partial charge in [0.15, 0.2) is 4.31 Å². The molecule has 124 valence electrons. The van der Waals surface area contributed by atoms with Crippen LogP contribution in [0, 0.1) is 6.92 Å². The number of benzene rings is 1. The van der Waals surface area contributed by atoms with Crippen LogP contribution in [0.3, 0.4) is 0 Å². The first-order valence-electron chi connectivity index (χ1n) is 7.45. The standard InChI is InChI=1S/C15H24.O5P2/c1-6-12-10-11(5)13(7-2)15(9-4)14(12)8-3;1-6(2)5-7(3)4/h10H,6-9H2,1-5H3;/p+2. The highest BCUT2D eigenvalue weighted by Crippen LogP contribution is 2.30. The summed E-state index contributed by atoms with van der Waals surface area (Å²) in [6.45, 7) is 11.4. The minimum atomic E-state index is -2.92. The van der Waals surface area contributed by atoms with E-state index in [4.69, 9.17) is 9.79 Å². The molecule has 2 atom stereocenters. The van der Waals surface area contributed by atoms with Crippen LogP contribution in [0.25, 0.3) is 0 Å². The minimum absolute atomic E-state index is 1.17. The molecular formula is C15H26O5P2+2. The highest BCUT2D eigenvalue weighted by molar-refractivity contribution is 7.46. The largest absolute Gasteiger partial charge is 0.745 e. The zero-order valence-corrected chi connectivity index (χ0v) is 15.7. The predicted molar refractivity (Wildman–Crippen MR) is 89.4 cm³/mol. The summed E-state index contributed by atoms with van der Waals surface area (Å²) in [4.78, 5) is 15.3. The molecule has 5 nitrogen and oxygen atoms in total. The van der Waals surface area contributed by atoms with Gasteiger partial charge in [-0.3, -0.25) is 0 Å². The van der Waals surface area contributed by atoms with Gasteiger partial charge in [0.1, 0.15) is 0 Å². The SMILES string of the molecule is CCc1cc(C)c(CC)c(CC)c1CC.O=[P+](O)O[P+](=O)O.